The summed E-state index contributed by atoms with van der Waals surface area (Å²) in [5.74, 6) is -0.0246. The van der Waals surface area contributed by atoms with Gasteiger partial charge in [0.25, 0.3) is 0 Å². The maximum atomic E-state index is 12.7. The molecule has 2 aliphatic rings. The minimum atomic E-state index is -0.400. The molecule has 0 aromatic heterocycles. The highest BCUT2D eigenvalue weighted by Crippen LogP contribution is 2.34. The van der Waals surface area contributed by atoms with E-state index >= 15 is 0 Å². The quantitative estimate of drug-likeness (QED) is 0.464. The van der Waals surface area contributed by atoms with Crippen molar-refractivity contribution in [2.24, 2.45) is 0 Å². The van der Waals surface area contributed by atoms with Gasteiger partial charge in [-0.2, -0.15) is 5.26 Å². The second-order valence-electron chi connectivity index (χ2n) is 9.72. The fraction of sp³-hybridized carbons (Fsp3) is 0.414. The molecule has 6 nitrogen and oxygen atoms in total. The zero-order valence-corrected chi connectivity index (χ0v) is 22.4. The Morgan fingerprint density at radius 1 is 0.973 bits per heavy atom. The number of nitrogens with zero attached hydrogens (tertiary/aromatic N) is 4. The number of carbonyl (C=O) groups excluding carboxylic acids is 2. The Morgan fingerprint density at radius 2 is 1.73 bits per heavy atom. The van der Waals surface area contributed by atoms with Crippen LogP contribution < -0.4 is 0 Å². The van der Waals surface area contributed by atoms with Gasteiger partial charge in [-0.3, -0.25) is 9.59 Å². The van der Waals surface area contributed by atoms with Gasteiger partial charge in [0, 0.05) is 38.7 Å². The molecule has 194 valence electrons. The number of rotatable bonds is 7. The molecular formula is C29H32Cl2N4O2. The molecule has 0 bridgehead atoms. The summed E-state index contributed by atoms with van der Waals surface area (Å²) in [5.41, 5.74) is 1.50. The largest absolute Gasteiger partial charge is 0.341 e. The Morgan fingerprint density at radius 3 is 2.43 bits per heavy atom. The van der Waals surface area contributed by atoms with Crippen LogP contribution >= 0.6 is 23.2 Å². The molecule has 2 aliphatic heterocycles. The van der Waals surface area contributed by atoms with Crippen LogP contribution in [0.15, 0.2) is 54.6 Å². The molecule has 2 saturated heterocycles. The average Bonchev–Trinajstić information content (AvgIpc) is 3.11. The molecule has 2 aromatic rings. The van der Waals surface area contributed by atoms with E-state index in [-0.39, 0.29) is 11.8 Å². The van der Waals surface area contributed by atoms with E-state index in [2.05, 4.69) is 23.1 Å². The van der Waals surface area contributed by atoms with E-state index in [1.807, 2.05) is 23.1 Å². The van der Waals surface area contributed by atoms with Crippen molar-refractivity contribution in [1.82, 2.24) is 14.7 Å². The second kappa shape index (κ2) is 12.6. The van der Waals surface area contributed by atoms with Crippen LogP contribution in [-0.2, 0) is 15.0 Å². The van der Waals surface area contributed by atoms with Crippen molar-refractivity contribution in [3.05, 3.63) is 75.8 Å². The number of likely N-dealkylation sites (tertiary alicyclic amines) is 1. The van der Waals surface area contributed by atoms with Crippen LogP contribution in [0, 0.1) is 11.3 Å². The summed E-state index contributed by atoms with van der Waals surface area (Å²) in [4.78, 5) is 31.4. The topological polar surface area (TPSA) is 67.7 Å². The Hall–Kier alpha value is -2.85. The number of halogens is 2. The normalized spacial score (nSPS) is 18.6. The smallest absolute Gasteiger partial charge is 0.246 e. The molecule has 0 radical (unpaired) electrons. The molecular weight excluding hydrogens is 507 g/mol. The Kier molecular flexibility index (Phi) is 9.26. The molecule has 0 saturated carbocycles. The predicted octanol–water partition coefficient (Wildman–Crippen LogP) is 5.01. The van der Waals surface area contributed by atoms with E-state index < -0.39 is 5.41 Å². The third-order valence-electron chi connectivity index (χ3n) is 7.41. The molecule has 2 aromatic carbocycles. The highest BCUT2D eigenvalue weighted by molar-refractivity contribution is 6.42. The molecule has 0 N–H and O–H groups in total. The SMILES string of the molecule is N#CC1(c2ccccc2)CCN(CCCN2CCN(C(=O)/C=C/c3ccc(Cl)c(Cl)c3)CCC2=O)CC1. The Bertz CT molecular complexity index is 1170. The fourth-order valence-corrected chi connectivity index (χ4v) is 5.38. The van der Waals surface area contributed by atoms with Gasteiger partial charge in [-0.15, -0.1) is 0 Å². The zero-order valence-electron chi connectivity index (χ0n) is 20.9. The first-order valence-corrected chi connectivity index (χ1v) is 13.5. The van der Waals surface area contributed by atoms with Gasteiger partial charge in [-0.25, -0.2) is 0 Å². The number of hydrogen-bond donors (Lipinski definition) is 0. The van der Waals surface area contributed by atoms with Gasteiger partial charge in [0.15, 0.2) is 0 Å². The van der Waals surface area contributed by atoms with Crippen LogP contribution in [0.5, 0.6) is 0 Å². The van der Waals surface area contributed by atoms with E-state index in [0.29, 0.717) is 42.6 Å². The highest BCUT2D eigenvalue weighted by Gasteiger charge is 2.36. The molecule has 2 fully saturated rings. The van der Waals surface area contributed by atoms with Crippen molar-refractivity contribution in [2.75, 3.05) is 45.8 Å². The van der Waals surface area contributed by atoms with Gasteiger partial charge in [-0.1, -0.05) is 59.6 Å². The summed E-state index contributed by atoms with van der Waals surface area (Å²) < 4.78 is 0. The number of hydrogen-bond acceptors (Lipinski definition) is 4. The third-order valence-corrected chi connectivity index (χ3v) is 8.15. The minimum absolute atomic E-state index is 0.0926. The number of carbonyl (C=O) groups is 2. The minimum Gasteiger partial charge on any atom is -0.341 e. The average molecular weight is 540 g/mol. The summed E-state index contributed by atoms with van der Waals surface area (Å²) in [5, 5.41) is 10.8. The lowest BCUT2D eigenvalue weighted by Gasteiger charge is -2.38. The maximum Gasteiger partial charge on any atom is 0.246 e. The van der Waals surface area contributed by atoms with Gasteiger partial charge in [0.2, 0.25) is 11.8 Å². The van der Waals surface area contributed by atoms with Crippen LogP contribution in [-0.4, -0.2) is 72.3 Å². The number of amides is 2. The lowest BCUT2D eigenvalue weighted by molar-refractivity contribution is -0.130. The molecule has 0 spiro atoms. The molecule has 2 amide bonds. The van der Waals surface area contributed by atoms with Gasteiger partial charge in [0.05, 0.1) is 21.5 Å². The molecule has 2 heterocycles. The lowest BCUT2D eigenvalue weighted by Crippen LogP contribution is -2.43. The maximum absolute atomic E-state index is 12.7. The van der Waals surface area contributed by atoms with Gasteiger partial charge in [-0.05, 0) is 68.2 Å². The van der Waals surface area contributed by atoms with E-state index in [1.165, 1.54) is 6.08 Å². The van der Waals surface area contributed by atoms with Gasteiger partial charge < -0.3 is 14.7 Å². The predicted molar refractivity (Wildman–Crippen MR) is 147 cm³/mol. The third kappa shape index (κ3) is 6.93. The molecule has 0 aliphatic carbocycles. The summed E-state index contributed by atoms with van der Waals surface area (Å²) in [6.07, 6.45) is 6.09. The lowest BCUT2D eigenvalue weighted by atomic mass is 9.74. The summed E-state index contributed by atoms with van der Waals surface area (Å²) in [7, 11) is 0. The van der Waals surface area contributed by atoms with Crippen LogP contribution in [0.4, 0.5) is 0 Å². The summed E-state index contributed by atoms with van der Waals surface area (Å²) in [6.45, 7) is 4.81. The number of benzene rings is 2. The molecule has 37 heavy (non-hydrogen) atoms. The van der Waals surface area contributed by atoms with Gasteiger partial charge in [0.1, 0.15) is 0 Å². The van der Waals surface area contributed by atoms with Crippen molar-refractivity contribution in [3.63, 3.8) is 0 Å². The van der Waals surface area contributed by atoms with Crippen LogP contribution in [0.1, 0.15) is 36.8 Å². The van der Waals surface area contributed by atoms with Crippen molar-refractivity contribution in [1.29, 1.82) is 5.26 Å². The Balaban J connectivity index is 1.22. The first kappa shape index (κ1) is 27.2. The van der Waals surface area contributed by atoms with Crippen molar-refractivity contribution < 1.29 is 9.59 Å². The number of nitriles is 1. The first-order valence-electron chi connectivity index (χ1n) is 12.8. The summed E-state index contributed by atoms with van der Waals surface area (Å²) in [6, 6.07) is 17.9. The van der Waals surface area contributed by atoms with Crippen molar-refractivity contribution in [3.8, 4) is 6.07 Å². The van der Waals surface area contributed by atoms with E-state index in [9.17, 15) is 14.9 Å². The van der Waals surface area contributed by atoms with Crippen LogP contribution in [0.25, 0.3) is 6.08 Å². The van der Waals surface area contributed by atoms with E-state index in [1.54, 1.807) is 29.2 Å². The monoisotopic (exact) mass is 538 g/mol. The highest BCUT2D eigenvalue weighted by atomic mass is 35.5. The molecule has 0 atom stereocenters. The van der Waals surface area contributed by atoms with E-state index in [4.69, 9.17) is 23.2 Å². The first-order chi connectivity index (χ1) is 17.9. The van der Waals surface area contributed by atoms with E-state index in [0.717, 1.165) is 50.0 Å². The Labute approximate surface area is 229 Å². The fourth-order valence-electron chi connectivity index (χ4n) is 5.08. The second-order valence-corrected chi connectivity index (χ2v) is 10.5. The summed E-state index contributed by atoms with van der Waals surface area (Å²) >= 11 is 12.0. The van der Waals surface area contributed by atoms with Crippen LogP contribution in [0.3, 0.4) is 0 Å². The molecule has 4 rings (SSSR count). The van der Waals surface area contributed by atoms with Crippen molar-refractivity contribution in [2.45, 2.75) is 31.1 Å². The van der Waals surface area contributed by atoms with Crippen molar-refractivity contribution >= 4 is 41.1 Å². The standard InChI is InChI=1S/C29H32Cl2N4O2/c30-25-9-7-23(21-26(25)31)8-10-27(36)35-16-11-28(37)34(19-20-35)15-4-14-33-17-12-29(22-32,13-18-33)24-5-2-1-3-6-24/h1-3,5-10,21H,4,11-20H2/b10-8+. The van der Waals surface area contributed by atoms with Crippen LogP contribution in [0.2, 0.25) is 10.0 Å². The van der Waals surface area contributed by atoms with Gasteiger partial charge >= 0.3 is 0 Å². The zero-order chi connectivity index (χ0) is 26.3. The molecule has 8 heteroatoms. The number of piperidine rings is 1. The molecule has 0 unspecified atom stereocenters.